The summed E-state index contributed by atoms with van der Waals surface area (Å²) in [5.41, 5.74) is 2.01. The van der Waals surface area contributed by atoms with Crippen LogP contribution in [0, 0.1) is 18.3 Å². The number of amides is 3. The molecule has 11 heteroatoms. The third kappa shape index (κ3) is 3.66. The maximum Gasteiger partial charge on any atom is 0.263 e. The van der Waals surface area contributed by atoms with E-state index in [1.54, 1.807) is 37.8 Å². The smallest absolute Gasteiger partial charge is 0.263 e. The zero-order chi connectivity index (χ0) is 23.0. The number of fused-ring (bicyclic) bond motifs is 1. The lowest BCUT2D eigenvalue weighted by Gasteiger charge is -2.19. The number of hydrogen-bond donors (Lipinski definition) is 2. The largest absolute Gasteiger partial charge is 0.481 e. The quantitative estimate of drug-likeness (QED) is 0.570. The molecule has 0 spiro atoms. The third-order valence-corrected chi connectivity index (χ3v) is 5.38. The first-order valence-electron chi connectivity index (χ1n) is 9.95. The molecular weight excluding hydrogens is 414 g/mol. The van der Waals surface area contributed by atoms with E-state index in [1.807, 2.05) is 12.1 Å². The van der Waals surface area contributed by atoms with Gasteiger partial charge in [-0.05, 0) is 19.4 Å². The minimum Gasteiger partial charge on any atom is -0.481 e. The summed E-state index contributed by atoms with van der Waals surface area (Å²) in [6, 6.07) is 7.32. The van der Waals surface area contributed by atoms with Crippen LogP contribution in [-0.2, 0) is 28.5 Å². The maximum absolute atomic E-state index is 12.5. The summed E-state index contributed by atoms with van der Waals surface area (Å²) in [5, 5.41) is 23.6. The molecule has 11 nitrogen and oxygen atoms in total. The average molecular weight is 435 g/mol. The molecule has 1 atom stereocenters. The first kappa shape index (κ1) is 21.0. The number of imide groups is 1. The Bertz CT molecular complexity index is 1300. The van der Waals surface area contributed by atoms with Crippen molar-refractivity contribution >= 4 is 34.4 Å². The molecule has 0 saturated carbocycles. The monoisotopic (exact) mass is 435 g/mol. The Kier molecular flexibility index (Phi) is 5.36. The average Bonchev–Trinajstić information content (AvgIpc) is 3.22. The van der Waals surface area contributed by atoms with Crippen molar-refractivity contribution < 1.29 is 19.1 Å². The second-order valence-electron chi connectivity index (χ2n) is 7.55. The Morgan fingerprint density at radius 3 is 2.81 bits per heavy atom. The van der Waals surface area contributed by atoms with Crippen LogP contribution in [-0.4, -0.2) is 43.9 Å². The van der Waals surface area contributed by atoms with E-state index in [4.69, 9.17) is 4.74 Å². The Hall–Kier alpha value is -4.20. The summed E-state index contributed by atoms with van der Waals surface area (Å²) in [5.74, 6) is -0.914. The fourth-order valence-corrected chi connectivity index (χ4v) is 3.90. The highest BCUT2D eigenvalue weighted by Crippen LogP contribution is 2.34. The minimum absolute atomic E-state index is 0.253. The molecule has 3 amide bonds. The van der Waals surface area contributed by atoms with Crippen molar-refractivity contribution in [3.8, 4) is 11.8 Å². The topological polar surface area (TPSA) is 144 Å². The van der Waals surface area contributed by atoms with Crippen LogP contribution in [0.15, 0.2) is 18.2 Å². The Morgan fingerprint density at radius 1 is 1.31 bits per heavy atom. The lowest BCUT2D eigenvalue weighted by molar-refractivity contribution is -0.134. The number of para-hydroxylation sites is 1. The van der Waals surface area contributed by atoms with Crippen LogP contribution in [0.3, 0.4) is 0 Å². The number of anilines is 1. The van der Waals surface area contributed by atoms with Crippen molar-refractivity contribution in [1.29, 1.82) is 5.26 Å². The van der Waals surface area contributed by atoms with Crippen LogP contribution in [0.25, 0.3) is 10.9 Å². The second kappa shape index (κ2) is 8.14. The number of ether oxygens (including phenoxy) is 1. The van der Waals surface area contributed by atoms with Gasteiger partial charge in [-0.1, -0.05) is 12.1 Å². The lowest BCUT2D eigenvalue weighted by atomic mass is 9.93. The number of aromatic nitrogens is 4. The molecule has 0 radical (unpaired) electrons. The second-order valence-corrected chi connectivity index (χ2v) is 7.55. The molecule has 1 aliphatic rings. The zero-order valence-electron chi connectivity index (χ0n) is 17.8. The van der Waals surface area contributed by atoms with Crippen LogP contribution in [0.2, 0.25) is 0 Å². The van der Waals surface area contributed by atoms with E-state index in [9.17, 15) is 19.6 Å². The predicted octanol–water partition coefficient (Wildman–Crippen LogP) is 1.02. The lowest BCUT2D eigenvalue weighted by Crippen LogP contribution is -2.39. The number of carbonyl (C=O) groups excluding carboxylic acids is 3. The maximum atomic E-state index is 12.5. The van der Waals surface area contributed by atoms with E-state index in [0.717, 1.165) is 0 Å². The molecule has 0 aliphatic carbocycles. The van der Waals surface area contributed by atoms with Crippen molar-refractivity contribution in [2.45, 2.75) is 25.7 Å². The summed E-state index contributed by atoms with van der Waals surface area (Å²) in [6.07, 6.45) is 0.638. The van der Waals surface area contributed by atoms with Gasteiger partial charge < -0.3 is 10.1 Å². The van der Waals surface area contributed by atoms with Gasteiger partial charge in [-0.25, -0.2) is 0 Å². The number of nitriles is 1. The van der Waals surface area contributed by atoms with E-state index in [1.165, 1.54) is 4.68 Å². The van der Waals surface area contributed by atoms with E-state index in [0.29, 0.717) is 45.8 Å². The summed E-state index contributed by atoms with van der Waals surface area (Å²) >= 11 is 0. The highest BCUT2D eigenvalue weighted by atomic mass is 16.5. The summed E-state index contributed by atoms with van der Waals surface area (Å²) in [6.45, 7) is 1.39. The standard InChI is InChI=1S/C21H21N7O4/c1-11-14(9-22)20(28(3)25-11)23-17(30)10-32-15-6-4-5-12-18(26-27(2)19(12)15)13-7-8-16(29)24-21(13)31/h4-6,13H,7-8,10H2,1-3H3,(H,23,30)(H,24,29,31). The van der Waals surface area contributed by atoms with Crippen molar-refractivity contribution in [2.24, 2.45) is 14.1 Å². The molecule has 1 unspecified atom stereocenters. The molecule has 3 heterocycles. The van der Waals surface area contributed by atoms with Crippen LogP contribution in [0.1, 0.15) is 35.7 Å². The molecule has 164 valence electrons. The van der Waals surface area contributed by atoms with Gasteiger partial charge in [0.25, 0.3) is 5.91 Å². The number of rotatable bonds is 5. The van der Waals surface area contributed by atoms with Crippen LogP contribution >= 0.6 is 0 Å². The SMILES string of the molecule is Cc1nn(C)c(NC(=O)COc2cccc3c(C4CCC(=O)NC4=O)nn(C)c23)c1C#N. The number of nitrogens with one attached hydrogen (secondary N) is 2. The predicted molar refractivity (Wildman–Crippen MR) is 113 cm³/mol. The van der Waals surface area contributed by atoms with Gasteiger partial charge in [-0.3, -0.25) is 29.1 Å². The van der Waals surface area contributed by atoms with Gasteiger partial charge in [0.05, 0.1) is 17.3 Å². The molecular formula is C21H21N7O4. The van der Waals surface area contributed by atoms with Gasteiger partial charge in [0, 0.05) is 25.9 Å². The number of benzene rings is 1. The number of hydrogen-bond acceptors (Lipinski definition) is 7. The van der Waals surface area contributed by atoms with E-state index in [-0.39, 0.29) is 24.8 Å². The van der Waals surface area contributed by atoms with E-state index >= 15 is 0 Å². The molecule has 1 fully saturated rings. The van der Waals surface area contributed by atoms with E-state index < -0.39 is 11.8 Å². The molecule has 1 saturated heterocycles. The van der Waals surface area contributed by atoms with Crippen molar-refractivity contribution in [3.05, 3.63) is 35.2 Å². The highest BCUT2D eigenvalue weighted by Gasteiger charge is 2.32. The summed E-state index contributed by atoms with van der Waals surface area (Å²) in [7, 11) is 3.36. The molecule has 32 heavy (non-hydrogen) atoms. The number of nitrogens with zero attached hydrogens (tertiary/aromatic N) is 5. The normalized spacial score (nSPS) is 16.0. The summed E-state index contributed by atoms with van der Waals surface area (Å²) in [4.78, 5) is 36.3. The van der Waals surface area contributed by atoms with Crippen molar-refractivity contribution in [3.63, 3.8) is 0 Å². The Morgan fingerprint density at radius 2 is 2.09 bits per heavy atom. The zero-order valence-corrected chi connectivity index (χ0v) is 17.8. The van der Waals surface area contributed by atoms with Gasteiger partial charge in [0.15, 0.2) is 6.61 Å². The molecule has 4 rings (SSSR count). The molecule has 3 aromatic rings. The van der Waals surface area contributed by atoms with Crippen LogP contribution in [0.5, 0.6) is 5.75 Å². The van der Waals surface area contributed by atoms with Gasteiger partial charge in [0.2, 0.25) is 11.8 Å². The molecule has 0 bridgehead atoms. The van der Waals surface area contributed by atoms with Crippen LogP contribution < -0.4 is 15.4 Å². The van der Waals surface area contributed by atoms with Crippen LogP contribution in [0.4, 0.5) is 5.82 Å². The highest BCUT2D eigenvalue weighted by molar-refractivity contribution is 6.03. The van der Waals surface area contributed by atoms with Gasteiger partial charge in [0.1, 0.15) is 28.7 Å². The minimum atomic E-state index is -0.535. The molecule has 1 aliphatic heterocycles. The fourth-order valence-electron chi connectivity index (χ4n) is 3.90. The van der Waals surface area contributed by atoms with Gasteiger partial charge in [-0.2, -0.15) is 15.5 Å². The molecule has 2 aromatic heterocycles. The van der Waals surface area contributed by atoms with Gasteiger partial charge >= 0.3 is 0 Å². The first-order valence-corrected chi connectivity index (χ1v) is 9.95. The van der Waals surface area contributed by atoms with Crippen molar-refractivity contribution in [2.75, 3.05) is 11.9 Å². The number of piperidine rings is 1. The molecule has 1 aromatic carbocycles. The Balaban J connectivity index is 1.55. The first-order chi connectivity index (χ1) is 15.3. The van der Waals surface area contributed by atoms with E-state index in [2.05, 4.69) is 20.8 Å². The fraction of sp³-hybridized carbons (Fsp3) is 0.333. The Labute approximate surface area is 182 Å². The van der Waals surface area contributed by atoms with Gasteiger partial charge in [-0.15, -0.1) is 0 Å². The summed E-state index contributed by atoms with van der Waals surface area (Å²) < 4.78 is 8.79. The molecule has 2 N–H and O–H groups in total. The number of aryl methyl sites for hydroxylation is 3. The number of carbonyl (C=O) groups is 3. The third-order valence-electron chi connectivity index (χ3n) is 5.38. The van der Waals surface area contributed by atoms with Crippen molar-refractivity contribution in [1.82, 2.24) is 24.9 Å².